The molecule has 0 bridgehead atoms. The molecule has 1 atom stereocenters. The van der Waals surface area contributed by atoms with Crippen molar-refractivity contribution in [3.05, 3.63) is 78.5 Å². The smallest absolute Gasteiger partial charge is 0.290 e. The van der Waals surface area contributed by atoms with Gasteiger partial charge in [-0.25, -0.2) is 0 Å². The third kappa shape index (κ3) is 3.13. The molecule has 0 aliphatic carbocycles. The van der Waals surface area contributed by atoms with Gasteiger partial charge < -0.3 is 14.4 Å². The normalized spacial score (nSPS) is 16.2. The summed E-state index contributed by atoms with van der Waals surface area (Å²) >= 11 is 6.84. The van der Waals surface area contributed by atoms with E-state index in [0.29, 0.717) is 29.5 Å². The highest BCUT2D eigenvalue weighted by molar-refractivity contribution is 9.10. The molecule has 0 fully saturated rings. The SMILES string of the molecule is O=C1c2oc3ccc(Br)cc3c(=O)c2C(c2cccc(Br)c2)N1CCCO. The van der Waals surface area contributed by atoms with Crippen molar-refractivity contribution in [1.82, 2.24) is 4.90 Å². The van der Waals surface area contributed by atoms with Crippen molar-refractivity contribution in [3.8, 4) is 0 Å². The van der Waals surface area contributed by atoms with Crippen LogP contribution in [0, 0.1) is 0 Å². The quantitative estimate of drug-likeness (QED) is 0.591. The molecule has 3 aromatic rings. The van der Waals surface area contributed by atoms with Crippen molar-refractivity contribution in [2.24, 2.45) is 0 Å². The first-order valence-electron chi connectivity index (χ1n) is 8.45. The van der Waals surface area contributed by atoms with Crippen LogP contribution in [0.5, 0.6) is 0 Å². The molecule has 1 unspecified atom stereocenters. The van der Waals surface area contributed by atoms with E-state index in [1.807, 2.05) is 24.3 Å². The first-order chi connectivity index (χ1) is 13.0. The van der Waals surface area contributed by atoms with Gasteiger partial charge in [-0.05, 0) is 42.3 Å². The molecule has 0 radical (unpaired) electrons. The van der Waals surface area contributed by atoms with Gasteiger partial charge >= 0.3 is 0 Å². The average Bonchev–Trinajstić information content (AvgIpc) is 2.93. The van der Waals surface area contributed by atoms with Gasteiger partial charge in [-0.2, -0.15) is 0 Å². The topological polar surface area (TPSA) is 70.8 Å². The maximum atomic E-state index is 13.3. The molecule has 1 amide bonds. The minimum Gasteiger partial charge on any atom is -0.450 e. The summed E-state index contributed by atoms with van der Waals surface area (Å²) in [4.78, 5) is 27.9. The van der Waals surface area contributed by atoms with Gasteiger partial charge in [0, 0.05) is 22.1 Å². The highest BCUT2D eigenvalue weighted by Gasteiger charge is 2.42. The van der Waals surface area contributed by atoms with Gasteiger partial charge in [0.25, 0.3) is 5.91 Å². The largest absolute Gasteiger partial charge is 0.450 e. The lowest BCUT2D eigenvalue weighted by Crippen LogP contribution is -2.31. The van der Waals surface area contributed by atoms with Crippen LogP contribution >= 0.6 is 31.9 Å². The van der Waals surface area contributed by atoms with Gasteiger partial charge in [-0.1, -0.05) is 44.0 Å². The maximum absolute atomic E-state index is 13.3. The molecule has 0 saturated heterocycles. The Kier molecular flexibility index (Phi) is 4.92. The van der Waals surface area contributed by atoms with Crippen LogP contribution in [0.3, 0.4) is 0 Å². The first kappa shape index (κ1) is 18.4. The number of amides is 1. The highest BCUT2D eigenvalue weighted by Crippen LogP contribution is 2.39. The summed E-state index contributed by atoms with van der Waals surface area (Å²) in [5, 5.41) is 9.66. The number of halogens is 2. The van der Waals surface area contributed by atoms with Crippen LogP contribution in [0.1, 0.15) is 34.1 Å². The molecular formula is C20H15Br2NO4. The Labute approximate surface area is 171 Å². The number of nitrogens with zero attached hydrogens (tertiary/aromatic N) is 1. The van der Waals surface area contributed by atoms with E-state index < -0.39 is 6.04 Å². The van der Waals surface area contributed by atoms with Gasteiger partial charge in [-0.3, -0.25) is 9.59 Å². The fourth-order valence-electron chi connectivity index (χ4n) is 3.49. The second kappa shape index (κ2) is 7.22. The number of benzene rings is 2. The molecular weight excluding hydrogens is 478 g/mol. The van der Waals surface area contributed by atoms with Gasteiger partial charge in [0.1, 0.15) is 5.58 Å². The molecule has 0 saturated carbocycles. The summed E-state index contributed by atoms with van der Waals surface area (Å²) in [7, 11) is 0. The zero-order valence-electron chi connectivity index (χ0n) is 14.1. The summed E-state index contributed by atoms with van der Waals surface area (Å²) in [5.74, 6) is -0.247. The van der Waals surface area contributed by atoms with Crippen molar-refractivity contribution < 1.29 is 14.3 Å². The number of carbonyl (C=O) groups excluding carboxylic acids is 1. The number of aliphatic hydroxyl groups excluding tert-OH is 1. The van der Waals surface area contributed by atoms with Gasteiger partial charge in [0.15, 0.2) is 5.43 Å². The van der Waals surface area contributed by atoms with Crippen LogP contribution in [0.2, 0.25) is 0 Å². The van der Waals surface area contributed by atoms with E-state index in [2.05, 4.69) is 31.9 Å². The Morgan fingerprint density at radius 2 is 1.85 bits per heavy atom. The number of rotatable bonds is 4. The Hall–Kier alpha value is -1.96. The van der Waals surface area contributed by atoms with E-state index in [0.717, 1.165) is 14.5 Å². The van der Waals surface area contributed by atoms with Crippen molar-refractivity contribution in [3.63, 3.8) is 0 Å². The number of carbonyl (C=O) groups is 1. The lowest BCUT2D eigenvalue weighted by Gasteiger charge is -2.25. The molecule has 1 N–H and O–H groups in total. The minimum atomic E-state index is -0.545. The Morgan fingerprint density at radius 3 is 2.59 bits per heavy atom. The van der Waals surface area contributed by atoms with E-state index in [1.54, 1.807) is 23.1 Å². The summed E-state index contributed by atoms with van der Waals surface area (Å²) in [6.45, 7) is 0.290. The monoisotopic (exact) mass is 491 g/mol. The molecule has 2 heterocycles. The minimum absolute atomic E-state index is 0.0401. The second-order valence-electron chi connectivity index (χ2n) is 6.35. The summed E-state index contributed by atoms with van der Waals surface area (Å²) in [6.07, 6.45) is 0.420. The first-order valence-corrected chi connectivity index (χ1v) is 10.0. The molecule has 138 valence electrons. The van der Waals surface area contributed by atoms with Crippen LogP contribution in [0.25, 0.3) is 11.0 Å². The lowest BCUT2D eigenvalue weighted by molar-refractivity contribution is 0.0716. The molecule has 5 nitrogen and oxygen atoms in total. The van der Waals surface area contributed by atoms with Crippen molar-refractivity contribution in [1.29, 1.82) is 0 Å². The number of fused-ring (bicyclic) bond motifs is 2. The van der Waals surface area contributed by atoms with Crippen molar-refractivity contribution in [2.75, 3.05) is 13.2 Å². The number of aliphatic hydroxyl groups is 1. The Balaban J connectivity index is 1.99. The van der Waals surface area contributed by atoms with Crippen molar-refractivity contribution >= 4 is 48.7 Å². The standard InChI is InChI=1S/C20H15Br2NO4/c21-12-4-1-3-11(9-12)17-16-18(25)14-10-13(22)5-6-15(14)27-19(16)20(26)23(17)7-2-8-24/h1,3-6,9-10,17,24H,2,7-8H2. The molecule has 2 aromatic carbocycles. The molecule has 1 aromatic heterocycles. The fourth-order valence-corrected chi connectivity index (χ4v) is 4.27. The van der Waals surface area contributed by atoms with Gasteiger partial charge in [-0.15, -0.1) is 0 Å². The van der Waals surface area contributed by atoms with Gasteiger partial charge in [0.2, 0.25) is 5.76 Å². The number of hydrogen-bond acceptors (Lipinski definition) is 4. The van der Waals surface area contributed by atoms with Crippen LogP contribution in [0.4, 0.5) is 0 Å². The summed E-state index contributed by atoms with van der Waals surface area (Å²) in [5.41, 5.74) is 1.34. The lowest BCUT2D eigenvalue weighted by atomic mass is 9.98. The molecule has 7 heteroatoms. The highest BCUT2D eigenvalue weighted by atomic mass is 79.9. The Bertz CT molecular complexity index is 1110. The van der Waals surface area contributed by atoms with E-state index >= 15 is 0 Å². The zero-order valence-corrected chi connectivity index (χ0v) is 17.3. The van der Waals surface area contributed by atoms with Crippen LogP contribution < -0.4 is 5.43 Å². The third-order valence-electron chi connectivity index (χ3n) is 4.65. The van der Waals surface area contributed by atoms with Crippen LogP contribution in [0.15, 0.2) is 60.6 Å². The van der Waals surface area contributed by atoms with E-state index in [1.165, 1.54) is 0 Å². The van der Waals surface area contributed by atoms with E-state index in [-0.39, 0.29) is 23.7 Å². The predicted octanol–water partition coefficient (Wildman–Crippen LogP) is 4.25. The summed E-state index contributed by atoms with van der Waals surface area (Å²) in [6, 6.07) is 12.1. The van der Waals surface area contributed by atoms with Gasteiger partial charge in [0.05, 0.1) is 17.0 Å². The predicted molar refractivity (Wildman–Crippen MR) is 109 cm³/mol. The van der Waals surface area contributed by atoms with E-state index in [9.17, 15) is 14.7 Å². The molecule has 1 aliphatic heterocycles. The molecule has 27 heavy (non-hydrogen) atoms. The third-order valence-corrected chi connectivity index (χ3v) is 5.64. The second-order valence-corrected chi connectivity index (χ2v) is 8.18. The molecule has 4 rings (SSSR count). The maximum Gasteiger partial charge on any atom is 0.290 e. The zero-order chi connectivity index (χ0) is 19.1. The molecule has 0 spiro atoms. The Morgan fingerprint density at radius 1 is 1.07 bits per heavy atom. The fraction of sp³-hybridized carbons (Fsp3) is 0.200. The summed E-state index contributed by atoms with van der Waals surface area (Å²) < 4.78 is 7.48. The van der Waals surface area contributed by atoms with Crippen molar-refractivity contribution in [2.45, 2.75) is 12.5 Å². The number of hydrogen-bond donors (Lipinski definition) is 1. The van der Waals surface area contributed by atoms with E-state index in [4.69, 9.17) is 4.42 Å². The van der Waals surface area contributed by atoms with Crippen LogP contribution in [-0.2, 0) is 0 Å². The van der Waals surface area contributed by atoms with Crippen LogP contribution in [-0.4, -0.2) is 29.1 Å². The average molecular weight is 493 g/mol. The molecule has 1 aliphatic rings.